The molecule has 0 bridgehead atoms. The maximum atomic E-state index is 11.3. The molecule has 0 atom stereocenters. The van der Waals surface area contributed by atoms with E-state index in [9.17, 15) is 4.79 Å². The molecule has 3 rings (SSSR count). The molecular weight excluding hydrogens is 174 g/mol. The number of carbonyl (C=O) groups excluding carboxylic acids is 1. The summed E-state index contributed by atoms with van der Waals surface area (Å²) in [5.74, 6) is -0.134. The summed E-state index contributed by atoms with van der Waals surface area (Å²) >= 11 is 0. The Bertz CT molecular complexity index is 570. The minimum absolute atomic E-state index is 0.134. The number of aliphatic imine (C=N–C) groups is 1. The lowest BCUT2D eigenvalue weighted by molar-refractivity contribution is 0.101. The summed E-state index contributed by atoms with van der Waals surface area (Å²) in [7, 11) is 0. The van der Waals surface area contributed by atoms with Crippen molar-refractivity contribution in [3.8, 4) is 0 Å². The van der Waals surface area contributed by atoms with Gasteiger partial charge in [-0.2, -0.15) is 0 Å². The van der Waals surface area contributed by atoms with Crippen molar-refractivity contribution in [2.45, 2.75) is 0 Å². The fourth-order valence-corrected chi connectivity index (χ4v) is 1.75. The summed E-state index contributed by atoms with van der Waals surface area (Å²) in [6.07, 6.45) is 1.63. The average Bonchev–Trinajstić information content (AvgIpc) is 2.57. The third-order valence-electron chi connectivity index (χ3n) is 2.47. The number of nitrogens with zero attached hydrogens (tertiary/aromatic N) is 1. The van der Waals surface area contributed by atoms with Crippen LogP contribution >= 0.6 is 0 Å². The zero-order chi connectivity index (χ0) is 9.54. The Morgan fingerprint density at radius 3 is 2.50 bits per heavy atom. The van der Waals surface area contributed by atoms with Gasteiger partial charge in [-0.15, -0.1) is 0 Å². The van der Waals surface area contributed by atoms with E-state index in [1.54, 1.807) is 6.21 Å². The average molecular weight is 181 g/mol. The van der Waals surface area contributed by atoms with Crippen LogP contribution in [0.25, 0.3) is 10.8 Å². The van der Waals surface area contributed by atoms with Crippen LogP contribution in [0.1, 0.15) is 15.9 Å². The molecule has 0 unspecified atom stereocenters. The van der Waals surface area contributed by atoms with Gasteiger partial charge in [0.05, 0.1) is 5.56 Å². The molecule has 0 aliphatic carbocycles. The fourth-order valence-electron chi connectivity index (χ4n) is 1.75. The van der Waals surface area contributed by atoms with Gasteiger partial charge >= 0.3 is 0 Å². The summed E-state index contributed by atoms with van der Waals surface area (Å²) in [5, 5.41) is 2.23. The Morgan fingerprint density at radius 2 is 1.71 bits per heavy atom. The lowest BCUT2D eigenvalue weighted by atomic mass is 10.0. The van der Waals surface area contributed by atoms with E-state index in [4.69, 9.17) is 0 Å². The molecule has 0 saturated carbocycles. The monoisotopic (exact) mass is 181 g/mol. The van der Waals surface area contributed by atoms with Gasteiger partial charge in [0, 0.05) is 11.8 Å². The summed E-state index contributed by atoms with van der Waals surface area (Å²) in [5.41, 5.74) is 1.64. The summed E-state index contributed by atoms with van der Waals surface area (Å²) in [6.45, 7) is 0. The first-order valence-electron chi connectivity index (χ1n) is 4.46. The first-order valence-corrected chi connectivity index (χ1v) is 4.46. The first kappa shape index (κ1) is 7.44. The standard InChI is InChI=1S/C12H7NO/c14-12-11-6-9-4-2-1-3-8(9)5-10(11)7-13-12/h1-7H. The van der Waals surface area contributed by atoms with Gasteiger partial charge < -0.3 is 0 Å². The molecule has 2 heteroatoms. The molecular formula is C12H7NO. The number of carbonyl (C=O) groups is 1. The predicted molar refractivity (Wildman–Crippen MR) is 55.9 cm³/mol. The highest BCUT2D eigenvalue weighted by atomic mass is 16.1. The van der Waals surface area contributed by atoms with E-state index in [1.165, 1.54) is 0 Å². The highest BCUT2D eigenvalue weighted by Crippen LogP contribution is 2.22. The van der Waals surface area contributed by atoms with E-state index < -0.39 is 0 Å². The summed E-state index contributed by atoms with van der Waals surface area (Å²) < 4.78 is 0. The molecule has 0 radical (unpaired) electrons. The van der Waals surface area contributed by atoms with Crippen molar-refractivity contribution >= 4 is 22.9 Å². The third-order valence-corrected chi connectivity index (χ3v) is 2.47. The van der Waals surface area contributed by atoms with Crippen molar-refractivity contribution in [3.63, 3.8) is 0 Å². The van der Waals surface area contributed by atoms with Crippen LogP contribution in [-0.4, -0.2) is 12.1 Å². The maximum absolute atomic E-state index is 11.3. The molecule has 0 aromatic heterocycles. The van der Waals surface area contributed by atoms with E-state index >= 15 is 0 Å². The van der Waals surface area contributed by atoms with Gasteiger partial charge in [-0.05, 0) is 22.9 Å². The van der Waals surface area contributed by atoms with Crippen LogP contribution in [0.3, 0.4) is 0 Å². The minimum atomic E-state index is -0.134. The number of hydrogen-bond acceptors (Lipinski definition) is 1. The molecule has 2 aromatic carbocycles. The first-order chi connectivity index (χ1) is 6.84. The van der Waals surface area contributed by atoms with Crippen molar-refractivity contribution in [2.75, 3.05) is 0 Å². The van der Waals surface area contributed by atoms with Crippen LogP contribution in [0, 0.1) is 0 Å². The van der Waals surface area contributed by atoms with Crippen LogP contribution in [0.5, 0.6) is 0 Å². The van der Waals surface area contributed by atoms with E-state index in [2.05, 4.69) is 4.99 Å². The predicted octanol–water partition coefficient (Wildman–Crippen LogP) is 2.41. The Labute approximate surface area is 80.9 Å². The summed E-state index contributed by atoms with van der Waals surface area (Å²) in [4.78, 5) is 15.1. The third kappa shape index (κ3) is 0.909. The smallest absolute Gasteiger partial charge is 0.267 e. The summed E-state index contributed by atoms with van der Waals surface area (Å²) in [6, 6.07) is 11.9. The lowest BCUT2D eigenvalue weighted by Gasteiger charge is -2.00. The number of hydrogen-bond donors (Lipinski definition) is 0. The molecule has 0 N–H and O–H groups in total. The van der Waals surface area contributed by atoms with E-state index in [0.29, 0.717) is 5.56 Å². The second-order valence-electron chi connectivity index (χ2n) is 3.35. The van der Waals surface area contributed by atoms with Crippen LogP contribution in [-0.2, 0) is 0 Å². The van der Waals surface area contributed by atoms with Crippen LogP contribution in [0.15, 0.2) is 41.4 Å². The van der Waals surface area contributed by atoms with Gasteiger partial charge in [-0.25, -0.2) is 4.99 Å². The minimum Gasteiger partial charge on any atom is -0.267 e. The zero-order valence-electron chi connectivity index (χ0n) is 7.40. The van der Waals surface area contributed by atoms with E-state index in [0.717, 1.165) is 16.3 Å². The highest BCUT2D eigenvalue weighted by Gasteiger charge is 2.15. The second-order valence-corrected chi connectivity index (χ2v) is 3.35. The van der Waals surface area contributed by atoms with Gasteiger partial charge in [0.25, 0.3) is 5.91 Å². The van der Waals surface area contributed by atoms with Gasteiger partial charge in [-0.1, -0.05) is 24.3 Å². The van der Waals surface area contributed by atoms with Crippen molar-refractivity contribution in [3.05, 3.63) is 47.5 Å². The zero-order valence-corrected chi connectivity index (χ0v) is 7.40. The maximum Gasteiger partial charge on any atom is 0.277 e. The van der Waals surface area contributed by atoms with Crippen molar-refractivity contribution in [1.82, 2.24) is 0 Å². The van der Waals surface area contributed by atoms with E-state index in [-0.39, 0.29) is 5.91 Å². The van der Waals surface area contributed by atoms with Crippen molar-refractivity contribution in [1.29, 1.82) is 0 Å². The molecule has 14 heavy (non-hydrogen) atoms. The molecule has 0 spiro atoms. The molecule has 1 aliphatic heterocycles. The normalized spacial score (nSPS) is 13.6. The van der Waals surface area contributed by atoms with E-state index in [1.807, 2.05) is 36.4 Å². The van der Waals surface area contributed by atoms with Crippen molar-refractivity contribution in [2.24, 2.45) is 4.99 Å². The van der Waals surface area contributed by atoms with Crippen molar-refractivity contribution < 1.29 is 4.79 Å². The lowest BCUT2D eigenvalue weighted by Crippen LogP contribution is -1.91. The van der Waals surface area contributed by atoms with Gasteiger partial charge in [0.2, 0.25) is 0 Å². The molecule has 2 nitrogen and oxygen atoms in total. The Balaban J connectivity index is 2.42. The van der Waals surface area contributed by atoms with Crippen LogP contribution in [0.4, 0.5) is 0 Å². The van der Waals surface area contributed by atoms with Crippen LogP contribution < -0.4 is 0 Å². The molecule has 1 heterocycles. The van der Waals surface area contributed by atoms with Gasteiger partial charge in [0.1, 0.15) is 0 Å². The molecule has 1 amide bonds. The highest BCUT2D eigenvalue weighted by molar-refractivity contribution is 6.15. The number of rotatable bonds is 0. The molecule has 0 saturated heterocycles. The molecule has 0 fully saturated rings. The molecule has 1 aliphatic rings. The Kier molecular flexibility index (Phi) is 1.34. The van der Waals surface area contributed by atoms with Gasteiger partial charge in [0.15, 0.2) is 0 Å². The number of amides is 1. The topological polar surface area (TPSA) is 29.4 Å². The van der Waals surface area contributed by atoms with Crippen LogP contribution in [0.2, 0.25) is 0 Å². The number of fused-ring (bicyclic) bond motifs is 2. The quantitative estimate of drug-likeness (QED) is 0.613. The number of benzene rings is 2. The fraction of sp³-hybridized carbons (Fsp3) is 0. The second kappa shape index (κ2) is 2.51. The Morgan fingerprint density at radius 1 is 1.00 bits per heavy atom. The molecule has 2 aromatic rings. The molecule has 66 valence electrons. The van der Waals surface area contributed by atoms with Gasteiger partial charge in [-0.3, -0.25) is 4.79 Å². The Hall–Kier alpha value is -1.96. The largest absolute Gasteiger partial charge is 0.277 e. The SMILES string of the molecule is O=C1N=Cc2cc3ccccc3cc21.